The topological polar surface area (TPSA) is 26.3 Å². The molecule has 104 valence electrons. The molecule has 2 aromatic carbocycles. The van der Waals surface area contributed by atoms with Crippen LogP contribution in [0.2, 0.25) is 0 Å². The molecule has 0 spiro atoms. The molecule has 0 aromatic heterocycles. The summed E-state index contributed by atoms with van der Waals surface area (Å²) in [6.45, 7) is 0.884. The second kappa shape index (κ2) is 5.82. The summed E-state index contributed by atoms with van der Waals surface area (Å²) in [4.78, 5) is 12.4. The molecule has 2 nitrogen and oxygen atoms in total. The maximum Gasteiger partial charge on any atom is 0.387 e. The first kappa shape index (κ1) is 14.2. The molecule has 0 heterocycles. The Labute approximate surface area is 116 Å². The van der Waals surface area contributed by atoms with Crippen LogP contribution >= 0.6 is 0 Å². The van der Waals surface area contributed by atoms with Crippen molar-refractivity contribution in [2.45, 2.75) is 20.5 Å². The van der Waals surface area contributed by atoms with E-state index in [9.17, 15) is 13.6 Å². The van der Waals surface area contributed by atoms with Crippen LogP contribution in [0.3, 0.4) is 0 Å². The average Bonchev–Trinajstić information content (AvgIpc) is 2.41. The van der Waals surface area contributed by atoms with Gasteiger partial charge in [-0.05, 0) is 43.2 Å². The molecule has 0 aliphatic heterocycles. The van der Waals surface area contributed by atoms with E-state index in [1.54, 1.807) is 24.3 Å². The third-order valence-electron chi connectivity index (χ3n) is 3.12. The van der Waals surface area contributed by atoms with E-state index in [2.05, 4.69) is 4.74 Å². The Morgan fingerprint density at radius 3 is 2.40 bits per heavy atom. The first-order valence-corrected chi connectivity index (χ1v) is 6.15. The number of halogens is 2. The quantitative estimate of drug-likeness (QED) is 0.785. The number of para-hydroxylation sites is 1. The smallest absolute Gasteiger partial charge is 0.387 e. The van der Waals surface area contributed by atoms with Gasteiger partial charge in [0.25, 0.3) is 0 Å². The second-order valence-electron chi connectivity index (χ2n) is 4.50. The Kier molecular flexibility index (Phi) is 4.13. The molecule has 0 bridgehead atoms. The number of benzene rings is 2. The van der Waals surface area contributed by atoms with Crippen molar-refractivity contribution >= 4 is 5.78 Å². The zero-order chi connectivity index (χ0) is 14.7. The van der Waals surface area contributed by atoms with Gasteiger partial charge in [-0.15, -0.1) is 0 Å². The Morgan fingerprint density at radius 1 is 1.05 bits per heavy atom. The van der Waals surface area contributed by atoms with Crippen molar-refractivity contribution in [2.75, 3.05) is 0 Å². The number of hydrogen-bond acceptors (Lipinski definition) is 2. The number of ether oxygens (including phenoxy) is 1. The summed E-state index contributed by atoms with van der Waals surface area (Å²) < 4.78 is 29.1. The van der Waals surface area contributed by atoms with Crippen molar-refractivity contribution in [3.8, 4) is 5.75 Å². The number of carbonyl (C=O) groups is 1. The van der Waals surface area contributed by atoms with Gasteiger partial charge in [-0.3, -0.25) is 4.79 Å². The van der Waals surface area contributed by atoms with Crippen molar-refractivity contribution in [1.82, 2.24) is 0 Å². The number of hydrogen-bond donors (Lipinski definition) is 0. The number of rotatable bonds is 4. The normalized spacial score (nSPS) is 10.7. The molecular weight excluding hydrogens is 262 g/mol. The molecule has 0 atom stereocenters. The van der Waals surface area contributed by atoms with Gasteiger partial charge in [-0.2, -0.15) is 8.78 Å². The summed E-state index contributed by atoms with van der Waals surface area (Å²) in [6, 6.07) is 11.3. The Hall–Kier alpha value is -2.23. The molecule has 0 fully saturated rings. The van der Waals surface area contributed by atoms with Gasteiger partial charge in [0.15, 0.2) is 5.78 Å². The minimum atomic E-state index is -2.95. The molecule has 2 aromatic rings. The largest absolute Gasteiger partial charge is 0.434 e. The molecule has 0 unspecified atom stereocenters. The van der Waals surface area contributed by atoms with Crippen LogP contribution in [-0.4, -0.2) is 12.4 Å². The SMILES string of the molecule is Cc1ccc(C(=O)c2ccccc2OC(F)F)cc1C. The van der Waals surface area contributed by atoms with Gasteiger partial charge in [0.05, 0.1) is 5.56 Å². The van der Waals surface area contributed by atoms with E-state index in [1.165, 1.54) is 12.1 Å². The fourth-order valence-corrected chi connectivity index (χ4v) is 1.89. The van der Waals surface area contributed by atoms with Crippen LogP contribution in [0.25, 0.3) is 0 Å². The first-order valence-electron chi connectivity index (χ1n) is 6.15. The van der Waals surface area contributed by atoms with Crippen molar-refractivity contribution in [3.05, 3.63) is 64.7 Å². The van der Waals surface area contributed by atoms with Gasteiger partial charge in [-0.1, -0.05) is 24.3 Å². The van der Waals surface area contributed by atoms with E-state index < -0.39 is 6.61 Å². The Bertz CT molecular complexity index is 636. The van der Waals surface area contributed by atoms with Gasteiger partial charge >= 0.3 is 6.61 Å². The summed E-state index contributed by atoms with van der Waals surface area (Å²) in [5, 5.41) is 0. The highest BCUT2D eigenvalue weighted by atomic mass is 19.3. The van der Waals surface area contributed by atoms with Crippen LogP contribution < -0.4 is 4.74 Å². The van der Waals surface area contributed by atoms with Crippen LogP contribution in [0.4, 0.5) is 8.78 Å². The van der Waals surface area contributed by atoms with Gasteiger partial charge < -0.3 is 4.74 Å². The van der Waals surface area contributed by atoms with Crippen LogP contribution in [0, 0.1) is 13.8 Å². The Morgan fingerprint density at radius 2 is 1.75 bits per heavy atom. The van der Waals surface area contributed by atoms with Crippen molar-refractivity contribution in [2.24, 2.45) is 0 Å². The number of alkyl halides is 2. The lowest BCUT2D eigenvalue weighted by atomic mass is 9.99. The lowest BCUT2D eigenvalue weighted by molar-refractivity contribution is -0.0501. The summed E-state index contributed by atoms with van der Waals surface area (Å²) in [6.07, 6.45) is 0. The molecule has 20 heavy (non-hydrogen) atoms. The summed E-state index contributed by atoms with van der Waals surface area (Å²) in [5.74, 6) is -0.435. The zero-order valence-corrected chi connectivity index (χ0v) is 11.2. The van der Waals surface area contributed by atoms with E-state index >= 15 is 0 Å². The molecular formula is C16H14F2O2. The highest BCUT2D eigenvalue weighted by molar-refractivity contribution is 6.10. The van der Waals surface area contributed by atoms with Crippen LogP contribution in [-0.2, 0) is 0 Å². The van der Waals surface area contributed by atoms with E-state index in [0.717, 1.165) is 11.1 Å². The monoisotopic (exact) mass is 276 g/mol. The van der Waals surface area contributed by atoms with E-state index in [1.807, 2.05) is 19.9 Å². The lowest BCUT2D eigenvalue weighted by Gasteiger charge is -2.10. The predicted molar refractivity (Wildman–Crippen MR) is 72.4 cm³/mol. The minimum Gasteiger partial charge on any atom is -0.434 e. The van der Waals surface area contributed by atoms with Gasteiger partial charge in [0, 0.05) is 5.56 Å². The third kappa shape index (κ3) is 3.02. The second-order valence-corrected chi connectivity index (χ2v) is 4.50. The Balaban J connectivity index is 2.40. The van der Waals surface area contributed by atoms with Crippen LogP contribution in [0.1, 0.15) is 27.0 Å². The fraction of sp³-hybridized carbons (Fsp3) is 0.188. The molecule has 0 saturated carbocycles. The highest BCUT2D eigenvalue weighted by Crippen LogP contribution is 2.24. The summed E-state index contributed by atoms with van der Waals surface area (Å²) in [7, 11) is 0. The summed E-state index contributed by atoms with van der Waals surface area (Å²) in [5.41, 5.74) is 2.64. The number of ketones is 1. The van der Waals surface area contributed by atoms with Crippen molar-refractivity contribution < 1.29 is 18.3 Å². The van der Waals surface area contributed by atoms with Gasteiger partial charge in [0.2, 0.25) is 0 Å². The number of aryl methyl sites for hydroxylation is 2. The van der Waals surface area contributed by atoms with Crippen LogP contribution in [0.5, 0.6) is 5.75 Å². The number of carbonyl (C=O) groups excluding carboxylic acids is 1. The molecule has 2 rings (SSSR count). The minimum absolute atomic E-state index is 0.106. The molecule has 0 amide bonds. The van der Waals surface area contributed by atoms with E-state index in [4.69, 9.17) is 0 Å². The first-order chi connectivity index (χ1) is 9.49. The zero-order valence-electron chi connectivity index (χ0n) is 11.2. The molecule has 0 N–H and O–H groups in total. The van der Waals surface area contributed by atoms with Crippen molar-refractivity contribution in [1.29, 1.82) is 0 Å². The molecule has 0 aliphatic carbocycles. The molecule has 0 saturated heterocycles. The summed E-state index contributed by atoms with van der Waals surface area (Å²) >= 11 is 0. The van der Waals surface area contributed by atoms with Crippen LogP contribution in [0.15, 0.2) is 42.5 Å². The molecule has 0 radical (unpaired) electrons. The lowest BCUT2D eigenvalue weighted by Crippen LogP contribution is -2.09. The third-order valence-corrected chi connectivity index (χ3v) is 3.12. The predicted octanol–water partition coefficient (Wildman–Crippen LogP) is 4.14. The maximum absolute atomic E-state index is 12.4. The molecule has 0 aliphatic rings. The van der Waals surface area contributed by atoms with Gasteiger partial charge in [0.1, 0.15) is 5.75 Å². The fourth-order valence-electron chi connectivity index (χ4n) is 1.89. The maximum atomic E-state index is 12.4. The standard InChI is InChI=1S/C16H14F2O2/c1-10-7-8-12(9-11(10)2)15(19)13-5-3-4-6-14(13)20-16(17)18/h3-9,16H,1-2H3. The average molecular weight is 276 g/mol. The van der Waals surface area contributed by atoms with E-state index in [-0.39, 0.29) is 17.1 Å². The molecule has 4 heteroatoms. The van der Waals surface area contributed by atoms with Gasteiger partial charge in [-0.25, -0.2) is 0 Å². The van der Waals surface area contributed by atoms with Crippen molar-refractivity contribution in [3.63, 3.8) is 0 Å². The highest BCUT2D eigenvalue weighted by Gasteiger charge is 2.17. The van der Waals surface area contributed by atoms with E-state index in [0.29, 0.717) is 5.56 Å².